The Morgan fingerprint density at radius 1 is 0.871 bits per heavy atom. The van der Waals surface area contributed by atoms with Crippen LogP contribution in [0.3, 0.4) is 0 Å². The van der Waals surface area contributed by atoms with Gasteiger partial charge in [0.25, 0.3) is 11.6 Å². The first-order chi connectivity index (χ1) is 15.1. The van der Waals surface area contributed by atoms with Gasteiger partial charge in [-0.1, -0.05) is 0 Å². The van der Waals surface area contributed by atoms with E-state index in [-0.39, 0.29) is 17.2 Å². The lowest BCUT2D eigenvalue weighted by Crippen LogP contribution is -2.31. The molecule has 2 aliphatic rings. The van der Waals surface area contributed by atoms with Gasteiger partial charge < -0.3 is 14.7 Å². The second-order valence-electron chi connectivity index (χ2n) is 7.94. The molecule has 2 aromatic rings. The summed E-state index contributed by atoms with van der Waals surface area (Å²) < 4.78 is 0. The molecule has 0 atom stereocenters. The fraction of sp³-hybridized carbons (Fsp3) is 0.391. The molecule has 2 saturated heterocycles. The van der Waals surface area contributed by atoms with Gasteiger partial charge in [0.1, 0.15) is 5.56 Å². The number of hydrogen-bond donors (Lipinski definition) is 0. The lowest BCUT2D eigenvalue weighted by atomic mass is 10.1. The van der Waals surface area contributed by atoms with E-state index < -0.39 is 4.92 Å². The van der Waals surface area contributed by atoms with Crippen molar-refractivity contribution in [2.45, 2.75) is 19.3 Å². The van der Waals surface area contributed by atoms with E-state index in [4.69, 9.17) is 5.26 Å². The molecule has 1 amide bonds. The lowest BCUT2D eigenvalue weighted by molar-refractivity contribution is -0.385. The molecule has 0 bridgehead atoms. The van der Waals surface area contributed by atoms with Crippen molar-refractivity contribution in [1.82, 2.24) is 4.90 Å². The highest BCUT2D eigenvalue weighted by atomic mass is 16.6. The van der Waals surface area contributed by atoms with Gasteiger partial charge in [-0.3, -0.25) is 14.9 Å². The molecule has 160 valence electrons. The maximum atomic E-state index is 12.9. The number of nitro groups is 1. The smallest absolute Gasteiger partial charge is 0.282 e. The molecule has 0 unspecified atom stereocenters. The van der Waals surface area contributed by atoms with Gasteiger partial charge in [0.2, 0.25) is 0 Å². The summed E-state index contributed by atoms with van der Waals surface area (Å²) in [5, 5.41) is 20.5. The molecule has 0 aliphatic carbocycles. The monoisotopic (exact) mass is 419 g/mol. The first-order valence-electron chi connectivity index (χ1n) is 10.6. The maximum Gasteiger partial charge on any atom is 0.282 e. The molecule has 31 heavy (non-hydrogen) atoms. The Hall–Kier alpha value is -3.60. The van der Waals surface area contributed by atoms with E-state index in [0.29, 0.717) is 18.7 Å². The van der Waals surface area contributed by atoms with Crippen molar-refractivity contribution < 1.29 is 9.72 Å². The van der Waals surface area contributed by atoms with Crippen LogP contribution in [0.5, 0.6) is 0 Å². The third-order valence-corrected chi connectivity index (χ3v) is 6.02. The normalized spacial score (nSPS) is 16.7. The predicted octanol–water partition coefficient (Wildman–Crippen LogP) is 3.42. The largest absolute Gasteiger partial charge is 0.370 e. The molecule has 0 radical (unpaired) electrons. The molecule has 2 fully saturated rings. The molecule has 0 saturated carbocycles. The van der Waals surface area contributed by atoms with Crippen LogP contribution >= 0.6 is 0 Å². The minimum Gasteiger partial charge on any atom is -0.370 e. The van der Waals surface area contributed by atoms with Crippen LogP contribution in [-0.2, 0) is 0 Å². The van der Waals surface area contributed by atoms with Crippen molar-refractivity contribution in [1.29, 1.82) is 5.26 Å². The number of nitro benzene ring substituents is 1. The number of carbonyl (C=O) groups excluding carboxylic acids is 1. The Balaban J connectivity index is 1.53. The van der Waals surface area contributed by atoms with Gasteiger partial charge in [-0.2, -0.15) is 5.26 Å². The Morgan fingerprint density at radius 3 is 2.10 bits per heavy atom. The second kappa shape index (κ2) is 9.04. The van der Waals surface area contributed by atoms with Gasteiger partial charge in [0.15, 0.2) is 0 Å². The van der Waals surface area contributed by atoms with E-state index >= 15 is 0 Å². The maximum absolute atomic E-state index is 12.9. The Labute approximate surface area is 181 Å². The molecule has 4 rings (SSSR count). The fourth-order valence-electron chi connectivity index (χ4n) is 4.32. The second-order valence-corrected chi connectivity index (χ2v) is 7.94. The Bertz CT molecular complexity index is 1010. The van der Waals surface area contributed by atoms with Gasteiger partial charge in [0.05, 0.1) is 16.6 Å². The highest BCUT2D eigenvalue weighted by Gasteiger charge is 2.28. The number of benzene rings is 2. The molecular weight excluding hydrogens is 394 g/mol. The molecule has 0 N–H and O–H groups in total. The molecule has 8 nitrogen and oxygen atoms in total. The number of anilines is 2. The summed E-state index contributed by atoms with van der Waals surface area (Å²) in [6.45, 7) is 4.54. The average Bonchev–Trinajstić information content (AvgIpc) is 3.23. The minimum absolute atomic E-state index is 0.130. The van der Waals surface area contributed by atoms with Crippen molar-refractivity contribution >= 4 is 23.0 Å². The van der Waals surface area contributed by atoms with Crippen molar-refractivity contribution in [3.05, 3.63) is 63.7 Å². The van der Waals surface area contributed by atoms with Crippen LogP contribution in [0.1, 0.15) is 35.2 Å². The third kappa shape index (κ3) is 4.45. The number of amides is 1. The Kier molecular flexibility index (Phi) is 6.03. The standard InChI is InChI=1S/C23H25N5O3/c24-17-18-4-6-19(7-5-18)25-12-3-13-26(15-14-25)20-8-9-22(28(30)31)21(16-20)23(29)27-10-1-2-11-27/h4-9,16H,1-3,10-15H2. The predicted molar refractivity (Wildman–Crippen MR) is 118 cm³/mol. The molecule has 0 aromatic heterocycles. The fourth-order valence-corrected chi connectivity index (χ4v) is 4.32. The molecule has 8 heteroatoms. The SMILES string of the molecule is N#Cc1ccc(N2CCCN(c3ccc([N+](=O)[O-])c(C(=O)N4CCCC4)c3)CC2)cc1. The van der Waals surface area contributed by atoms with Gasteiger partial charge >= 0.3 is 0 Å². The van der Waals surface area contributed by atoms with E-state index in [1.807, 2.05) is 24.3 Å². The third-order valence-electron chi connectivity index (χ3n) is 6.02. The quantitative estimate of drug-likeness (QED) is 0.557. The van der Waals surface area contributed by atoms with Gasteiger partial charge in [-0.25, -0.2) is 0 Å². The summed E-state index contributed by atoms with van der Waals surface area (Å²) in [5.74, 6) is -0.250. The van der Waals surface area contributed by atoms with Gasteiger partial charge in [-0.05, 0) is 55.7 Å². The van der Waals surface area contributed by atoms with Crippen LogP contribution in [-0.4, -0.2) is 55.0 Å². The van der Waals surface area contributed by atoms with Crippen LogP contribution in [0.2, 0.25) is 0 Å². The number of rotatable bonds is 4. The summed E-state index contributed by atoms with van der Waals surface area (Å²) in [6.07, 6.45) is 2.81. The summed E-state index contributed by atoms with van der Waals surface area (Å²) >= 11 is 0. The van der Waals surface area contributed by atoms with Crippen molar-refractivity contribution in [2.24, 2.45) is 0 Å². The van der Waals surface area contributed by atoms with E-state index in [2.05, 4.69) is 15.9 Å². The molecule has 2 aliphatic heterocycles. The van der Waals surface area contributed by atoms with Gasteiger partial charge in [0, 0.05) is 56.7 Å². The summed E-state index contributed by atoms with van der Waals surface area (Å²) in [5.41, 5.74) is 2.61. The van der Waals surface area contributed by atoms with Crippen LogP contribution in [0.25, 0.3) is 0 Å². The van der Waals surface area contributed by atoms with E-state index in [0.717, 1.165) is 56.8 Å². The zero-order chi connectivity index (χ0) is 21.8. The molecule has 0 spiro atoms. The molecule has 2 aromatic carbocycles. The number of carbonyl (C=O) groups is 1. The zero-order valence-electron chi connectivity index (χ0n) is 17.4. The van der Waals surface area contributed by atoms with Gasteiger partial charge in [-0.15, -0.1) is 0 Å². The lowest BCUT2D eigenvalue weighted by Gasteiger charge is -2.25. The first kappa shape index (κ1) is 20.7. The van der Waals surface area contributed by atoms with Crippen LogP contribution in [0.15, 0.2) is 42.5 Å². The molecule has 2 heterocycles. The van der Waals surface area contributed by atoms with E-state index in [1.165, 1.54) is 6.07 Å². The summed E-state index contributed by atoms with van der Waals surface area (Å²) in [7, 11) is 0. The summed E-state index contributed by atoms with van der Waals surface area (Å²) in [6, 6.07) is 14.6. The highest BCUT2D eigenvalue weighted by molar-refractivity contribution is 5.99. The Morgan fingerprint density at radius 2 is 1.48 bits per heavy atom. The number of likely N-dealkylation sites (tertiary alicyclic amines) is 1. The average molecular weight is 419 g/mol. The number of nitriles is 1. The zero-order valence-corrected chi connectivity index (χ0v) is 17.4. The highest BCUT2D eigenvalue weighted by Crippen LogP contribution is 2.28. The van der Waals surface area contributed by atoms with Crippen molar-refractivity contribution in [2.75, 3.05) is 49.1 Å². The van der Waals surface area contributed by atoms with Crippen LogP contribution in [0, 0.1) is 21.4 Å². The number of nitrogens with zero attached hydrogens (tertiary/aromatic N) is 5. The topological polar surface area (TPSA) is 93.7 Å². The molecular formula is C23H25N5O3. The van der Waals surface area contributed by atoms with E-state index in [9.17, 15) is 14.9 Å². The summed E-state index contributed by atoms with van der Waals surface area (Å²) in [4.78, 5) is 30.2. The minimum atomic E-state index is -0.470. The van der Waals surface area contributed by atoms with Crippen LogP contribution in [0.4, 0.5) is 17.1 Å². The van der Waals surface area contributed by atoms with E-state index in [1.54, 1.807) is 17.0 Å². The van der Waals surface area contributed by atoms with Crippen LogP contribution < -0.4 is 9.80 Å². The number of hydrogen-bond acceptors (Lipinski definition) is 6. The first-order valence-corrected chi connectivity index (χ1v) is 10.6. The van der Waals surface area contributed by atoms with Crippen molar-refractivity contribution in [3.8, 4) is 6.07 Å². The van der Waals surface area contributed by atoms with Crippen molar-refractivity contribution in [3.63, 3.8) is 0 Å².